The van der Waals surface area contributed by atoms with Gasteiger partial charge in [-0.25, -0.2) is 4.79 Å². The highest BCUT2D eigenvalue weighted by atomic mass is 16.5. The maximum Gasteiger partial charge on any atom is 0.336 e. The molecule has 0 bridgehead atoms. The van der Waals surface area contributed by atoms with Crippen LogP contribution in [0, 0.1) is 6.92 Å². The predicted octanol–water partition coefficient (Wildman–Crippen LogP) is 2.42. The SMILES string of the molecule is Cc1cc2oc(=O)cc(C[NH+]3C[C@H](C)O[C@@H](C)C3)c2cc1C(C)C. The van der Waals surface area contributed by atoms with E-state index in [4.69, 9.17) is 9.15 Å². The standard InChI is InChI=1S/C20H27NO3/c1-12(2)17-8-18-16(7-20(22)24-19(18)6-13(17)3)11-21-9-14(4)23-15(5)10-21/h6-8,12,14-15H,9-11H2,1-5H3/p+1/t14-,15-/m0/s1. The normalized spacial score (nSPS) is 24.7. The van der Waals surface area contributed by atoms with Gasteiger partial charge in [0.2, 0.25) is 0 Å². The van der Waals surface area contributed by atoms with E-state index < -0.39 is 0 Å². The van der Waals surface area contributed by atoms with Gasteiger partial charge in [0.15, 0.2) is 0 Å². The van der Waals surface area contributed by atoms with Crippen LogP contribution in [0.2, 0.25) is 0 Å². The molecule has 2 heterocycles. The Bertz CT molecular complexity index is 783. The number of fused-ring (bicyclic) bond motifs is 1. The van der Waals surface area contributed by atoms with Crippen LogP contribution in [0.1, 0.15) is 50.3 Å². The van der Waals surface area contributed by atoms with Crippen molar-refractivity contribution < 1.29 is 14.1 Å². The summed E-state index contributed by atoms with van der Waals surface area (Å²) in [7, 11) is 0. The van der Waals surface area contributed by atoms with Gasteiger partial charge in [0.25, 0.3) is 0 Å². The summed E-state index contributed by atoms with van der Waals surface area (Å²) in [4.78, 5) is 13.5. The Morgan fingerprint density at radius 2 is 1.83 bits per heavy atom. The van der Waals surface area contributed by atoms with Crippen molar-refractivity contribution in [3.05, 3.63) is 45.3 Å². The molecule has 0 amide bonds. The Labute approximate surface area is 143 Å². The quantitative estimate of drug-likeness (QED) is 0.879. The number of hydrogen-bond donors (Lipinski definition) is 1. The molecule has 1 aromatic heterocycles. The van der Waals surface area contributed by atoms with Crippen LogP contribution in [0.5, 0.6) is 0 Å². The Kier molecular flexibility index (Phi) is 4.79. The van der Waals surface area contributed by atoms with Crippen molar-refractivity contribution in [1.29, 1.82) is 0 Å². The Morgan fingerprint density at radius 1 is 1.17 bits per heavy atom. The van der Waals surface area contributed by atoms with Gasteiger partial charge in [0, 0.05) is 17.0 Å². The highest BCUT2D eigenvalue weighted by Crippen LogP contribution is 2.26. The van der Waals surface area contributed by atoms with Gasteiger partial charge >= 0.3 is 5.63 Å². The molecule has 1 fully saturated rings. The summed E-state index contributed by atoms with van der Waals surface area (Å²) in [5, 5.41) is 1.07. The molecule has 4 nitrogen and oxygen atoms in total. The monoisotopic (exact) mass is 330 g/mol. The second-order valence-corrected chi connectivity index (χ2v) is 7.54. The van der Waals surface area contributed by atoms with Crippen molar-refractivity contribution in [2.45, 2.75) is 59.3 Å². The van der Waals surface area contributed by atoms with Crippen LogP contribution < -0.4 is 10.5 Å². The van der Waals surface area contributed by atoms with Crippen molar-refractivity contribution >= 4 is 11.0 Å². The molecule has 1 aliphatic rings. The molecule has 130 valence electrons. The number of hydrogen-bond acceptors (Lipinski definition) is 3. The van der Waals surface area contributed by atoms with Crippen molar-refractivity contribution in [2.75, 3.05) is 13.1 Å². The van der Waals surface area contributed by atoms with Crippen LogP contribution in [0.15, 0.2) is 27.4 Å². The molecule has 0 aliphatic carbocycles. The number of aryl methyl sites for hydroxylation is 1. The second-order valence-electron chi connectivity index (χ2n) is 7.54. The molecule has 4 heteroatoms. The third-order valence-corrected chi connectivity index (χ3v) is 4.90. The topological polar surface area (TPSA) is 43.9 Å². The summed E-state index contributed by atoms with van der Waals surface area (Å²) in [6.45, 7) is 13.5. The van der Waals surface area contributed by atoms with E-state index in [9.17, 15) is 4.79 Å². The molecule has 1 saturated heterocycles. The van der Waals surface area contributed by atoms with E-state index in [1.54, 1.807) is 6.07 Å². The van der Waals surface area contributed by atoms with Gasteiger partial charge in [-0.15, -0.1) is 0 Å². The lowest BCUT2D eigenvalue weighted by molar-refractivity contribution is -0.928. The van der Waals surface area contributed by atoms with E-state index in [2.05, 4.69) is 40.7 Å². The first-order chi connectivity index (χ1) is 11.3. The molecule has 2 atom stereocenters. The van der Waals surface area contributed by atoms with E-state index >= 15 is 0 Å². The zero-order valence-electron chi connectivity index (χ0n) is 15.3. The van der Waals surface area contributed by atoms with Crippen LogP contribution in [-0.4, -0.2) is 25.3 Å². The fourth-order valence-corrected chi connectivity index (χ4v) is 3.96. The molecular weight excluding hydrogens is 302 g/mol. The third-order valence-electron chi connectivity index (χ3n) is 4.90. The summed E-state index contributed by atoms with van der Waals surface area (Å²) < 4.78 is 11.3. The molecule has 1 aliphatic heterocycles. The van der Waals surface area contributed by atoms with E-state index in [0.29, 0.717) is 11.5 Å². The van der Waals surface area contributed by atoms with E-state index in [1.165, 1.54) is 16.0 Å². The minimum atomic E-state index is -0.261. The van der Waals surface area contributed by atoms with E-state index in [1.807, 2.05) is 6.07 Å². The second kappa shape index (κ2) is 6.69. The smallest absolute Gasteiger partial charge is 0.336 e. The minimum Gasteiger partial charge on any atom is -0.423 e. The van der Waals surface area contributed by atoms with Gasteiger partial charge in [0.05, 0.1) is 0 Å². The van der Waals surface area contributed by atoms with Crippen molar-refractivity contribution in [2.24, 2.45) is 0 Å². The minimum absolute atomic E-state index is 0.253. The highest BCUT2D eigenvalue weighted by molar-refractivity contribution is 5.82. The van der Waals surface area contributed by atoms with Gasteiger partial charge in [-0.3, -0.25) is 0 Å². The number of benzene rings is 1. The molecule has 1 N–H and O–H groups in total. The first-order valence-electron chi connectivity index (χ1n) is 8.89. The third kappa shape index (κ3) is 3.55. The molecule has 3 rings (SSSR count). The van der Waals surface area contributed by atoms with Crippen LogP contribution in [-0.2, 0) is 11.3 Å². The number of nitrogens with one attached hydrogen (secondary N) is 1. The predicted molar refractivity (Wildman–Crippen MR) is 95.7 cm³/mol. The lowest BCUT2D eigenvalue weighted by Crippen LogP contribution is -3.14. The molecule has 0 saturated carbocycles. The van der Waals surface area contributed by atoms with Gasteiger partial charge in [-0.05, 0) is 49.9 Å². The highest BCUT2D eigenvalue weighted by Gasteiger charge is 2.26. The van der Waals surface area contributed by atoms with Gasteiger partial charge < -0.3 is 14.1 Å². The summed E-state index contributed by atoms with van der Waals surface area (Å²) in [6, 6.07) is 5.88. The maximum atomic E-state index is 12.0. The summed E-state index contributed by atoms with van der Waals surface area (Å²) in [6.07, 6.45) is 0.507. The van der Waals surface area contributed by atoms with Crippen LogP contribution in [0.3, 0.4) is 0 Å². The lowest BCUT2D eigenvalue weighted by Gasteiger charge is -2.32. The number of quaternary nitrogens is 1. The fraction of sp³-hybridized carbons (Fsp3) is 0.550. The van der Waals surface area contributed by atoms with Gasteiger partial charge in [0.1, 0.15) is 37.4 Å². The summed E-state index contributed by atoms with van der Waals surface area (Å²) in [5.41, 5.74) is 4.02. The van der Waals surface area contributed by atoms with E-state index in [0.717, 1.165) is 30.6 Å². The van der Waals surface area contributed by atoms with E-state index in [-0.39, 0.29) is 17.8 Å². The summed E-state index contributed by atoms with van der Waals surface area (Å²) >= 11 is 0. The summed E-state index contributed by atoms with van der Waals surface area (Å²) in [5.74, 6) is 0.449. The van der Waals surface area contributed by atoms with Crippen LogP contribution in [0.4, 0.5) is 0 Å². The maximum absolute atomic E-state index is 12.0. The largest absolute Gasteiger partial charge is 0.423 e. The number of morpholine rings is 1. The molecule has 0 spiro atoms. The molecule has 1 aromatic carbocycles. The van der Waals surface area contributed by atoms with Crippen molar-refractivity contribution in [3.8, 4) is 0 Å². The molecule has 0 unspecified atom stereocenters. The van der Waals surface area contributed by atoms with Gasteiger partial charge in [-0.2, -0.15) is 0 Å². The average Bonchev–Trinajstić information content (AvgIpc) is 2.44. The Balaban J connectivity index is 2.03. The fourth-order valence-electron chi connectivity index (χ4n) is 3.96. The zero-order valence-corrected chi connectivity index (χ0v) is 15.3. The first-order valence-corrected chi connectivity index (χ1v) is 8.89. The van der Waals surface area contributed by atoms with Crippen molar-refractivity contribution in [1.82, 2.24) is 0 Å². The number of ether oxygens (including phenoxy) is 1. The lowest BCUT2D eigenvalue weighted by atomic mass is 9.94. The van der Waals surface area contributed by atoms with Crippen LogP contribution >= 0.6 is 0 Å². The van der Waals surface area contributed by atoms with Crippen molar-refractivity contribution in [3.63, 3.8) is 0 Å². The Hall–Kier alpha value is -1.65. The van der Waals surface area contributed by atoms with Crippen LogP contribution in [0.25, 0.3) is 11.0 Å². The molecule has 24 heavy (non-hydrogen) atoms. The molecular formula is C20H28NO3+. The number of rotatable bonds is 3. The molecule has 0 radical (unpaired) electrons. The first kappa shape index (κ1) is 17.2. The average molecular weight is 330 g/mol. The zero-order chi connectivity index (χ0) is 17.4. The Morgan fingerprint density at radius 3 is 2.46 bits per heavy atom. The van der Waals surface area contributed by atoms with Gasteiger partial charge in [-0.1, -0.05) is 13.8 Å². The molecule has 2 aromatic rings.